The summed E-state index contributed by atoms with van der Waals surface area (Å²) in [7, 11) is 0. The second kappa shape index (κ2) is 9.89. The second-order valence-electron chi connectivity index (χ2n) is 8.62. The van der Waals surface area contributed by atoms with Crippen LogP contribution < -0.4 is 16.0 Å². The van der Waals surface area contributed by atoms with Gasteiger partial charge in [-0.05, 0) is 43.3 Å². The molecule has 0 amide bonds. The Morgan fingerprint density at radius 2 is 1.91 bits per heavy atom. The van der Waals surface area contributed by atoms with E-state index in [1.807, 2.05) is 29.2 Å². The topological polar surface area (TPSA) is 82.9 Å². The highest BCUT2D eigenvalue weighted by Gasteiger charge is 2.16. The maximum Gasteiger partial charge on any atom is 0.172 e. The van der Waals surface area contributed by atoms with Crippen molar-refractivity contribution in [3.05, 3.63) is 36.8 Å². The number of piperazine rings is 1. The molecule has 3 aromatic rings. The van der Waals surface area contributed by atoms with Crippen LogP contribution in [0.4, 0.5) is 5.82 Å². The highest BCUT2D eigenvalue weighted by molar-refractivity contribution is 7.80. The van der Waals surface area contributed by atoms with E-state index in [0.717, 1.165) is 67.2 Å². The first-order chi connectivity index (χ1) is 15.7. The van der Waals surface area contributed by atoms with E-state index in [1.54, 1.807) is 0 Å². The Labute approximate surface area is 193 Å². The molecule has 0 spiro atoms. The average molecular weight is 451 g/mol. The van der Waals surface area contributed by atoms with Gasteiger partial charge in [0.2, 0.25) is 0 Å². The van der Waals surface area contributed by atoms with Crippen molar-refractivity contribution in [2.75, 3.05) is 38.0 Å². The minimum absolute atomic E-state index is 0.479. The van der Waals surface area contributed by atoms with Crippen LogP contribution in [0.3, 0.4) is 0 Å². The number of thiocarbonyl (C=S) groups is 1. The molecule has 32 heavy (non-hydrogen) atoms. The van der Waals surface area contributed by atoms with Crippen molar-refractivity contribution in [3.8, 4) is 11.1 Å². The third kappa shape index (κ3) is 5.23. The molecule has 3 N–H and O–H groups in total. The van der Waals surface area contributed by atoms with Crippen molar-refractivity contribution in [1.29, 1.82) is 0 Å². The second-order valence-corrected chi connectivity index (χ2v) is 9.03. The van der Waals surface area contributed by atoms with E-state index in [0.29, 0.717) is 11.2 Å². The molecule has 0 atom stereocenters. The van der Waals surface area contributed by atoms with Crippen molar-refractivity contribution in [1.82, 2.24) is 35.3 Å². The van der Waals surface area contributed by atoms with Gasteiger partial charge in [0.15, 0.2) is 5.11 Å². The number of hydrogen-bond donors (Lipinski definition) is 3. The molecule has 168 valence electrons. The number of fused-ring (bicyclic) bond motifs is 1. The Kier molecular flexibility index (Phi) is 6.56. The predicted octanol–water partition coefficient (Wildman–Crippen LogP) is 2.63. The molecule has 0 aromatic carbocycles. The molecule has 1 saturated heterocycles. The highest BCUT2D eigenvalue weighted by Crippen LogP contribution is 2.23. The molecule has 2 fully saturated rings. The number of anilines is 1. The van der Waals surface area contributed by atoms with Crippen molar-refractivity contribution < 1.29 is 0 Å². The number of rotatable bonds is 6. The number of hydrogen-bond acceptors (Lipinski definition) is 6. The minimum atomic E-state index is 0.479. The number of pyridine rings is 2. The summed E-state index contributed by atoms with van der Waals surface area (Å²) in [6, 6.07) is 6.44. The van der Waals surface area contributed by atoms with Gasteiger partial charge in [0.1, 0.15) is 5.82 Å². The monoisotopic (exact) mass is 450 g/mol. The van der Waals surface area contributed by atoms with E-state index in [1.165, 1.54) is 25.7 Å². The van der Waals surface area contributed by atoms with Gasteiger partial charge in [-0.1, -0.05) is 12.8 Å². The van der Waals surface area contributed by atoms with Gasteiger partial charge < -0.3 is 16.0 Å². The Balaban J connectivity index is 1.25. The van der Waals surface area contributed by atoms with Crippen LogP contribution in [0.1, 0.15) is 25.7 Å². The van der Waals surface area contributed by atoms with Gasteiger partial charge in [0, 0.05) is 62.3 Å². The molecular formula is C23H30N8S. The molecule has 1 aliphatic heterocycles. The van der Waals surface area contributed by atoms with Crippen LogP contribution >= 0.6 is 12.2 Å². The third-order valence-electron chi connectivity index (χ3n) is 6.29. The zero-order valence-corrected chi connectivity index (χ0v) is 19.1. The van der Waals surface area contributed by atoms with E-state index < -0.39 is 0 Å². The molecule has 5 rings (SSSR count). The SMILES string of the molecule is S=C(Nc1ccc2ncc(-c3cnn(CCN4CCNCC4)c3)cc2n1)NC1CCCC1. The molecule has 1 saturated carbocycles. The fourth-order valence-electron chi connectivity index (χ4n) is 4.46. The zero-order chi connectivity index (χ0) is 21.8. The Hall–Kier alpha value is -2.62. The Bertz CT molecular complexity index is 1070. The van der Waals surface area contributed by atoms with Crippen LogP contribution in [0.2, 0.25) is 0 Å². The molecule has 1 aliphatic carbocycles. The smallest absolute Gasteiger partial charge is 0.172 e. The van der Waals surface area contributed by atoms with Crippen LogP contribution in [0.15, 0.2) is 36.8 Å². The van der Waals surface area contributed by atoms with Gasteiger partial charge in [-0.3, -0.25) is 14.6 Å². The molecule has 9 heteroatoms. The fourth-order valence-corrected chi connectivity index (χ4v) is 4.73. The standard InChI is InChI=1S/C23H30N8S/c32-23(27-19-3-1-2-4-19)29-22-6-5-20-21(28-22)13-17(14-25-20)18-15-26-31(16-18)12-11-30-9-7-24-8-10-30/h5-6,13-16,19,24H,1-4,7-12H2,(H2,27,28,29,32). The maximum atomic E-state index is 5.48. The summed E-state index contributed by atoms with van der Waals surface area (Å²) in [5.41, 5.74) is 3.77. The lowest BCUT2D eigenvalue weighted by atomic mass is 10.1. The van der Waals surface area contributed by atoms with Crippen molar-refractivity contribution >= 4 is 34.2 Å². The maximum absolute atomic E-state index is 5.48. The first-order valence-corrected chi connectivity index (χ1v) is 11.9. The lowest BCUT2D eigenvalue weighted by Gasteiger charge is -2.26. The van der Waals surface area contributed by atoms with Crippen molar-refractivity contribution in [2.24, 2.45) is 0 Å². The first-order valence-electron chi connectivity index (χ1n) is 11.5. The summed E-state index contributed by atoms with van der Waals surface area (Å²) >= 11 is 5.48. The molecular weight excluding hydrogens is 420 g/mol. The lowest BCUT2D eigenvalue weighted by molar-refractivity contribution is 0.229. The van der Waals surface area contributed by atoms with Crippen molar-refractivity contribution in [2.45, 2.75) is 38.3 Å². The molecule has 8 nitrogen and oxygen atoms in total. The first kappa shape index (κ1) is 21.2. The van der Waals surface area contributed by atoms with Crippen LogP contribution in [0.25, 0.3) is 22.2 Å². The molecule has 0 unspecified atom stereocenters. The summed E-state index contributed by atoms with van der Waals surface area (Å²) in [6.45, 7) is 6.24. The summed E-state index contributed by atoms with van der Waals surface area (Å²) in [5, 5.41) is 15.2. The summed E-state index contributed by atoms with van der Waals surface area (Å²) in [5.74, 6) is 0.735. The van der Waals surface area contributed by atoms with Crippen LogP contribution in [-0.2, 0) is 6.54 Å². The van der Waals surface area contributed by atoms with Gasteiger partial charge in [0.25, 0.3) is 0 Å². The average Bonchev–Trinajstić information content (AvgIpc) is 3.50. The Morgan fingerprint density at radius 3 is 2.75 bits per heavy atom. The number of nitrogens with zero attached hydrogens (tertiary/aromatic N) is 5. The lowest BCUT2D eigenvalue weighted by Crippen LogP contribution is -2.44. The minimum Gasteiger partial charge on any atom is -0.360 e. The van der Waals surface area contributed by atoms with Gasteiger partial charge in [-0.15, -0.1) is 0 Å². The largest absolute Gasteiger partial charge is 0.360 e. The summed E-state index contributed by atoms with van der Waals surface area (Å²) < 4.78 is 2.01. The predicted molar refractivity (Wildman–Crippen MR) is 132 cm³/mol. The van der Waals surface area contributed by atoms with E-state index in [4.69, 9.17) is 17.2 Å². The summed E-state index contributed by atoms with van der Waals surface area (Å²) in [4.78, 5) is 11.8. The fraction of sp³-hybridized carbons (Fsp3) is 0.478. The van der Waals surface area contributed by atoms with Crippen LogP contribution in [0, 0.1) is 0 Å². The van der Waals surface area contributed by atoms with Gasteiger partial charge in [-0.2, -0.15) is 5.10 Å². The van der Waals surface area contributed by atoms with Gasteiger partial charge >= 0.3 is 0 Å². The van der Waals surface area contributed by atoms with E-state index in [-0.39, 0.29) is 0 Å². The Morgan fingerprint density at radius 1 is 1.06 bits per heavy atom. The van der Waals surface area contributed by atoms with Crippen LogP contribution in [0.5, 0.6) is 0 Å². The molecule has 2 aliphatic rings. The zero-order valence-electron chi connectivity index (χ0n) is 18.3. The number of nitrogens with one attached hydrogen (secondary N) is 3. The van der Waals surface area contributed by atoms with Gasteiger partial charge in [0.05, 0.1) is 23.8 Å². The van der Waals surface area contributed by atoms with E-state index in [2.05, 4.69) is 43.2 Å². The summed E-state index contributed by atoms with van der Waals surface area (Å²) in [6.07, 6.45) is 10.8. The molecule has 0 radical (unpaired) electrons. The number of aromatic nitrogens is 4. The highest BCUT2D eigenvalue weighted by atomic mass is 32.1. The molecule has 3 aromatic heterocycles. The normalized spacial score (nSPS) is 17.6. The molecule has 0 bridgehead atoms. The molecule has 4 heterocycles. The van der Waals surface area contributed by atoms with Crippen LogP contribution in [-0.4, -0.2) is 68.5 Å². The van der Waals surface area contributed by atoms with E-state index >= 15 is 0 Å². The quantitative estimate of drug-likeness (QED) is 0.495. The van der Waals surface area contributed by atoms with E-state index in [9.17, 15) is 0 Å². The van der Waals surface area contributed by atoms with Crippen molar-refractivity contribution in [3.63, 3.8) is 0 Å². The third-order valence-corrected chi connectivity index (χ3v) is 6.51. The van der Waals surface area contributed by atoms with Gasteiger partial charge in [-0.25, -0.2) is 4.98 Å².